The maximum atomic E-state index is 13.2. The third-order valence-electron chi connectivity index (χ3n) is 3.17. The highest BCUT2D eigenvalue weighted by Gasteiger charge is 2.30. The van der Waals surface area contributed by atoms with Crippen molar-refractivity contribution in [3.05, 3.63) is 28.0 Å². The number of nitrogen functional groups attached to an aromatic ring is 1. The second-order valence-electron chi connectivity index (χ2n) is 4.33. The first-order valence-corrected chi connectivity index (χ1v) is 6.50. The van der Waals surface area contributed by atoms with Gasteiger partial charge in [-0.3, -0.25) is 4.79 Å². The molecule has 18 heavy (non-hydrogen) atoms. The molecule has 4 nitrogen and oxygen atoms in total. The lowest BCUT2D eigenvalue weighted by Gasteiger charge is -2.23. The second-order valence-corrected chi connectivity index (χ2v) is 5.19. The van der Waals surface area contributed by atoms with Crippen LogP contribution in [0.25, 0.3) is 0 Å². The van der Waals surface area contributed by atoms with Crippen molar-refractivity contribution in [2.75, 3.05) is 18.9 Å². The Balaban J connectivity index is 2.31. The zero-order valence-corrected chi connectivity index (χ0v) is 11.3. The highest BCUT2D eigenvalue weighted by molar-refractivity contribution is 9.10. The molecule has 1 aromatic rings. The third kappa shape index (κ3) is 2.35. The van der Waals surface area contributed by atoms with Crippen LogP contribution < -0.4 is 5.73 Å². The first-order valence-electron chi connectivity index (χ1n) is 5.71. The SMILES string of the molecule is Nc1cc(C(=O)N2CCC[C@@H]2CO)c(Br)cc1F. The molecule has 1 amide bonds. The Bertz CT molecular complexity index is 481. The summed E-state index contributed by atoms with van der Waals surface area (Å²) in [5, 5.41) is 9.21. The van der Waals surface area contributed by atoms with E-state index in [2.05, 4.69) is 15.9 Å². The highest BCUT2D eigenvalue weighted by Crippen LogP contribution is 2.27. The van der Waals surface area contributed by atoms with Gasteiger partial charge in [-0.05, 0) is 40.9 Å². The van der Waals surface area contributed by atoms with Crippen LogP contribution in [0.3, 0.4) is 0 Å². The molecule has 0 spiro atoms. The molecule has 1 atom stereocenters. The number of likely N-dealkylation sites (tertiary alicyclic amines) is 1. The minimum absolute atomic E-state index is 0.0544. The van der Waals surface area contributed by atoms with E-state index < -0.39 is 5.82 Å². The van der Waals surface area contributed by atoms with Crippen LogP contribution in [0.2, 0.25) is 0 Å². The lowest BCUT2D eigenvalue weighted by atomic mass is 10.1. The molecule has 0 aliphatic carbocycles. The Hall–Kier alpha value is -1.14. The van der Waals surface area contributed by atoms with E-state index in [4.69, 9.17) is 5.73 Å². The summed E-state index contributed by atoms with van der Waals surface area (Å²) in [5.74, 6) is -0.788. The van der Waals surface area contributed by atoms with Crippen LogP contribution >= 0.6 is 15.9 Å². The Labute approximate surface area is 113 Å². The Morgan fingerprint density at radius 1 is 1.61 bits per heavy atom. The molecule has 1 aromatic carbocycles. The van der Waals surface area contributed by atoms with Crippen LogP contribution in [0.15, 0.2) is 16.6 Å². The molecule has 3 N–H and O–H groups in total. The van der Waals surface area contributed by atoms with Crippen molar-refractivity contribution in [3.63, 3.8) is 0 Å². The number of hydrogen-bond donors (Lipinski definition) is 2. The van der Waals surface area contributed by atoms with Crippen molar-refractivity contribution in [2.24, 2.45) is 0 Å². The summed E-state index contributed by atoms with van der Waals surface area (Å²) < 4.78 is 13.6. The topological polar surface area (TPSA) is 66.6 Å². The van der Waals surface area contributed by atoms with Gasteiger partial charge in [-0.25, -0.2) is 4.39 Å². The van der Waals surface area contributed by atoms with Gasteiger partial charge in [-0.1, -0.05) is 0 Å². The van der Waals surface area contributed by atoms with Gasteiger partial charge in [0.05, 0.1) is 23.9 Å². The minimum Gasteiger partial charge on any atom is -0.396 e. The molecule has 0 bridgehead atoms. The van der Waals surface area contributed by atoms with Crippen molar-refractivity contribution in [1.29, 1.82) is 0 Å². The number of benzene rings is 1. The molecule has 98 valence electrons. The number of aliphatic hydroxyl groups is 1. The molecule has 2 rings (SSSR count). The summed E-state index contributed by atoms with van der Waals surface area (Å²) in [5.41, 5.74) is 5.75. The van der Waals surface area contributed by atoms with Crippen molar-refractivity contribution in [2.45, 2.75) is 18.9 Å². The van der Waals surface area contributed by atoms with Gasteiger partial charge >= 0.3 is 0 Å². The summed E-state index contributed by atoms with van der Waals surface area (Å²) in [4.78, 5) is 13.9. The first-order chi connectivity index (χ1) is 8.54. The molecule has 0 radical (unpaired) electrons. The molecular formula is C12H14BrFN2O2. The molecule has 1 aliphatic rings. The second kappa shape index (κ2) is 5.24. The van der Waals surface area contributed by atoms with E-state index in [1.165, 1.54) is 12.1 Å². The first kappa shape index (κ1) is 13.3. The van der Waals surface area contributed by atoms with E-state index in [1.54, 1.807) is 4.90 Å². The Morgan fingerprint density at radius 2 is 2.33 bits per heavy atom. The number of anilines is 1. The zero-order chi connectivity index (χ0) is 13.3. The Kier molecular flexibility index (Phi) is 3.87. The number of halogens is 2. The molecule has 1 fully saturated rings. The van der Waals surface area contributed by atoms with Crippen LogP contribution in [0.5, 0.6) is 0 Å². The molecule has 0 unspecified atom stereocenters. The van der Waals surface area contributed by atoms with Gasteiger partial charge in [0.2, 0.25) is 0 Å². The molecular weight excluding hydrogens is 303 g/mol. The summed E-state index contributed by atoms with van der Waals surface area (Å²) in [6.45, 7) is 0.549. The normalized spacial score (nSPS) is 19.3. The molecule has 0 saturated carbocycles. The fourth-order valence-electron chi connectivity index (χ4n) is 2.18. The third-order valence-corrected chi connectivity index (χ3v) is 3.82. The monoisotopic (exact) mass is 316 g/mol. The van der Waals surface area contributed by atoms with Crippen molar-refractivity contribution >= 4 is 27.5 Å². The summed E-state index contributed by atoms with van der Waals surface area (Å²) >= 11 is 3.17. The fraction of sp³-hybridized carbons (Fsp3) is 0.417. The summed E-state index contributed by atoms with van der Waals surface area (Å²) in [6, 6.07) is 2.36. The molecule has 1 heterocycles. The lowest BCUT2D eigenvalue weighted by Crippen LogP contribution is -2.37. The van der Waals surface area contributed by atoms with E-state index in [-0.39, 0.29) is 24.2 Å². The van der Waals surface area contributed by atoms with Gasteiger partial charge < -0.3 is 15.7 Å². The number of nitrogens with zero attached hydrogens (tertiary/aromatic N) is 1. The van der Waals surface area contributed by atoms with Gasteiger partial charge in [0.25, 0.3) is 5.91 Å². The zero-order valence-electron chi connectivity index (χ0n) is 9.70. The van der Waals surface area contributed by atoms with Crippen LogP contribution in [-0.4, -0.2) is 35.1 Å². The largest absolute Gasteiger partial charge is 0.396 e. The molecule has 1 aliphatic heterocycles. The van der Waals surface area contributed by atoms with Gasteiger partial charge in [-0.15, -0.1) is 0 Å². The number of aliphatic hydroxyl groups excluding tert-OH is 1. The average molecular weight is 317 g/mol. The highest BCUT2D eigenvalue weighted by atomic mass is 79.9. The summed E-state index contributed by atoms with van der Waals surface area (Å²) in [6.07, 6.45) is 1.65. The van der Waals surface area contributed by atoms with Crippen molar-refractivity contribution < 1.29 is 14.3 Å². The molecule has 1 saturated heterocycles. The summed E-state index contributed by atoms with van der Waals surface area (Å²) in [7, 11) is 0. The lowest BCUT2D eigenvalue weighted by molar-refractivity contribution is 0.0676. The fourth-order valence-corrected chi connectivity index (χ4v) is 2.66. The van der Waals surface area contributed by atoms with E-state index in [1.807, 2.05) is 0 Å². The maximum absolute atomic E-state index is 13.2. The van der Waals surface area contributed by atoms with E-state index in [0.717, 1.165) is 12.8 Å². The maximum Gasteiger partial charge on any atom is 0.255 e. The number of rotatable bonds is 2. The van der Waals surface area contributed by atoms with Crippen LogP contribution in [0, 0.1) is 5.82 Å². The van der Waals surface area contributed by atoms with Gasteiger partial charge in [0, 0.05) is 11.0 Å². The molecule has 6 heteroatoms. The average Bonchev–Trinajstić information content (AvgIpc) is 2.81. The van der Waals surface area contributed by atoms with Crippen LogP contribution in [0.4, 0.5) is 10.1 Å². The smallest absolute Gasteiger partial charge is 0.255 e. The number of amides is 1. The predicted octanol–water partition coefficient (Wildman–Crippen LogP) is 1.77. The molecule has 0 aromatic heterocycles. The number of nitrogens with two attached hydrogens (primary N) is 1. The number of carbonyl (C=O) groups excluding carboxylic acids is 1. The number of carbonyl (C=O) groups is 1. The van der Waals surface area contributed by atoms with Gasteiger partial charge in [0.15, 0.2) is 0 Å². The predicted molar refractivity (Wildman–Crippen MR) is 69.7 cm³/mol. The van der Waals surface area contributed by atoms with E-state index in [0.29, 0.717) is 16.6 Å². The van der Waals surface area contributed by atoms with Crippen molar-refractivity contribution in [3.8, 4) is 0 Å². The van der Waals surface area contributed by atoms with Gasteiger partial charge in [0.1, 0.15) is 5.82 Å². The van der Waals surface area contributed by atoms with Crippen LogP contribution in [-0.2, 0) is 0 Å². The van der Waals surface area contributed by atoms with Crippen LogP contribution in [0.1, 0.15) is 23.2 Å². The Morgan fingerprint density at radius 3 is 3.00 bits per heavy atom. The minimum atomic E-state index is -0.557. The van der Waals surface area contributed by atoms with E-state index >= 15 is 0 Å². The van der Waals surface area contributed by atoms with Gasteiger partial charge in [-0.2, -0.15) is 0 Å². The number of hydrogen-bond acceptors (Lipinski definition) is 3. The quantitative estimate of drug-likeness (QED) is 0.817. The standard InChI is InChI=1S/C12H14BrFN2O2/c13-9-5-10(14)11(15)4-8(9)12(18)16-3-1-2-7(16)6-17/h4-5,7,17H,1-3,6,15H2/t7-/m1/s1. The van der Waals surface area contributed by atoms with Crippen molar-refractivity contribution in [1.82, 2.24) is 4.90 Å². The van der Waals surface area contributed by atoms with E-state index in [9.17, 15) is 14.3 Å².